The zero-order valence-corrected chi connectivity index (χ0v) is 8.19. The summed E-state index contributed by atoms with van der Waals surface area (Å²) in [6.45, 7) is 4.88. The molecule has 0 saturated carbocycles. The van der Waals surface area contributed by atoms with Gasteiger partial charge in [-0.2, -0.15) is 0 Å². The molecule has 0 fully saturated rings. The quantitative estimate of drug-likeness (QED) is 0.331. The van der Waals surface area contributed by atoms with E-state index in [9.17, 15) is 10.1 Å². The van der Waals surface area contributed by atoms with Gasteiger partial charge in [-0.05, 0) is 13.8 Å². The van der Waals surface area contributed by atoms with Gasteiger partial charge in [-0.25, -0.2) is 0 Å². The second-order valence-corrected chi connectivity index (χ2v) is 2.54. The molecule has 0 atom stereocenters. The molecule has 0 aliphatic rings. The van der Waals surface area contributed by atoms with E-state index < -0.39 is 0 Å². The molecule has 0 radical (unpaired) electrons. The molecule has 5 heteroatoms. The molecule has 0 heterocycles. The van der Waals surface area contributed by atoms with Crippen LogP contribution in [0.5, 0.6) is 0 Å². The number of nitro groups is 1. The van der Waals surface area contributed by atoms with Crippen molar-refractivity contribution < 1.29 is 14.4 Å². The van der Waals surface area contributed by atoms with E-state index in [-0.39, 0.29) is 17.8 Å². The van der Waals surface area contributed by atoms with Gasteiger partial charge in [0.15, 0.2) is 6.29 Å². The van der Waals surface area contributed by atoms with E-state index >= 15 is 0 Å². The Morgan fingerprint density at radius 1 is 1.31 bits per heavy atom. The van der Waals surface area contributed by atoms with E-state index in [1.165, 1.54) is 0 Å². The molecule has 0 spiro atoms. The second kappa shape index (κ2) is 7.94. The summed E-state index contributed by atoms with van der Waals surface area (Å²) < 4.78 is 10.4. The molecule has 0 aromatic heterocycles. The Hall–Kier alpha value is -0.680. The van der Waals surface area contributed by atoms with Crippen molar-refractivity contribution in [2.75, 3.05) is 19.8 Å². The summed E-state index contributed by atoms with van der Waals surface area (Å²) in [4.78, 5) is 9.70. The van der Waals surface area contributed by atoms with Crippen LogP contribution in [0.2, 0.25) is 0 Å². The van der Waals surface area contributed by atoms with Gasteiger partial charge in [0.2, 0.25) is 6.54 Å². The first-order valence-electron chi connectivity index (χ1n) is 4.55. The average Bonchev–Trinajstić information content (AvgIpc) is 2.04. The lowest BCUT2D eigenvalue weighted by atomic mass is 10.3. The molecule has 13 heavy (non-hydrogen) atoms. The van der Waals surface area contributed by atoms with Crippen molar-refractivity contribution in [2.24, 2.45) is 0 Å². The smallest absolute Gasteiger partial charge is 0.204 e. The molecule has 0 aliphatic heterocycles. The standard InChI is InChI=1S/C8H17NO4/c1-3-12-8(13-4-2)6-5-7-9(10)11/h8H,3-7H2,1-2H3. The zero-order valence-electron chi connectivity index (χ0n) is 8.19. The van der Waals surface area contributed by atoms with Gasteiger partial charge in [0.25, 0.3) is 0 Å². The van der Waals surface area contributed by atoms with Crippen LogP contribution in [0.4, 0.5) is 0 Å². The number of hydrogen-bond acceptors (Lipinski definition) is 4. The van der Waals surface area contributed by atoms with Crippen LogP contribution < -0.4 is 0 Å². The molecule has 0 rings (SSSR count). The van der Waals surface area contributed by atoms with Gasteiger partial charge in [0, 0.05) is 31.0 Å². The minimum atomic E-state index is -0.324. The molecule has 0 bridgehead atoms. The van der Waals surface area contributed by atoms with Crippen LogP contribution in [0.25, 0.3) is 0 Å². The second-order valence-electron chi connectivity index (χ2n) is 2.54. The molecule has 0 aromatic carbocycles. The van der Waals surface area contributed by atoms with E-state index in [1.807, 2.05) is 13.8 Å². The minimum Gasteiger partial charge on any atom is -0.353 e. The van der Waals surface area contributed by atoms with Crippen LogP contribution >= 0.6 is 0 Å². The maximum Gasteiger partial charge on any atom is 0.204 e. The van der Waals surface area contributed by atoms with Gasteiger partial charge in [-0.3, -0.25) is 10.1 Å². The monoisotopic (exact) mass is 191 g/mol. The Balaban J connectivity index is 3.49. The van der Waals surface area contributed by atoms with E-state index in [4.69, 9.17) is 9.47 Å². The predicted molar refractivity (Wildman–Crippen MR) is 48.1 cm³/mol. The van der Waals surface area contributed by atoms with Crippen molar-refractivity contribution >= 4 is 0 Å². The van der Waals surface area contributed by atoms with Crippen molar-refractivity contribution in [1.29, 1.82) is 0 Å². The first-order chi connectivity index (χ1) is 6.20. The number of ether oxygens (including phenoxy) is 2. The Bertz CT molecular complexity index is 134. The molecule has 78 valence electrons. The number of hydrogen-bond donors (Lipinski definition) is 0. The summed E-state index contributed by atoms with van der Waals surface area (Å²) in [5.41, 5.74) is 0. The van der Waals surface area contributed by atoms with Gasteiger partial charge >= 0.3 is 0 Å². The molecule has 5 nitrogen and oxygen atoms in total. The van der Waals surface area contributed by atoms with E-state index in [1.54, 1.807) is 0 Å². The van der Waals surface area contributed by atoms with Crippen molar-refractivity contribution in [3.05, 3.63) is 10.1 Å². The minimum absolute atomic E-state index is 0.0172. The Kier molecular flexibility index (Phi) is 7.53. The van der Waals surface area contributed by atoms with E-state index in [0.717, 1.165) is 0 Å². The lowest BCUT2D eigenvalue weighted by Gasteiger charge is -2.15. The van der Waals surface area contributed by atoms with Crippen molar-refractivity contribution in [3.8, 4) is 0 Å². The van der Waals surface area contributed by atoms with Gasteiger partial charge < -0.3 is 9.47 Å². The highest BCUT2D eigenvalue weighted by atomic mass is 16.7. The normalized spacial score (nSPS) is 10.7. The summed E-state index contributed by atoms with van der Waals surface area (Å²) in [6.07, 6.45) is 0.801. The maximum atomic E-state index is 10.0. The SMILES string of the molecule is CCOC(CCC[N+](=O)[O-])OCC. The first-order valence-corrected chi connectivity index (χ1v) is 4.55. The van der Waals surface area contributed by atoms with E-state index in [2.05, 4.69) is 0 Å². The van der Waals surface area contributed by atoms with Crippen molar-refractivity contribution in [1.82, 2.24) is 0 Å². The molecular weight excluding hydrogens is 174 g/mol. The Morgan fingerprint density at radius 3 is 2.23 bits per heavy atom. The average molecular weight is 191 g/mol. The fourth-order valence-electron chi connectivity index (χ4n) is 0.974. The molecule has 0 aliphatic carbocycles. The number of nitrogens with zero attached hydrogens (tertiary/aromatic N) is 1. The Labute approximate surface area is 78.2 Å². The lowest BCUT2D eigenvalue weighted by Crippen LogP contribution is -2.18. The third kappa shape index (κ3) is 7.67. The van der Waals surface area contributed by atoms with Crippen LogP contribution in [-0.4, -0.2) is 31.0 Å². The van der Waals surface area contributed by atoms with Gasteiger partial charge in [0.1, 0.15) is 0 Å². The molecule has 0 unspecified atom stereocenters. The third-order valence-electron chi connectivity index (χ3n) is 1.49. The topological polar surface area (TPSA) is 61.6 Å². The molecule has 0 N–H and O–H groups in total. The van der Waals surface area contributed by atoms with Crippen LogP contribution in [-0.2, 0) is 9.47 Å². The highest BCUT2D eigenvalue weighted by Crippen LogP contribution is 2.04. The zero-order chi connectivity index (χ0) is 10.1. The fourth-order valence-corrected chi connectivity index (χ4v) is 0.974. The van der Waals surface area contributed by atoms with Gasteiger partial charge in [-0.15, -0.1) is 0 Å². The summed E-state index contributed by atoms with van der Waals surface area (Å²) in [6, 6.07) is 0. The summed E-state index contributed by atoms with van der Waals surface area (Å²) in [7, 11) is 0. The largest absolute Gasteiger partial charge is 0.353 e. The molecule has 0 aromatic rings. The van der Waals surface area contributed by atoms with Crippen molar-refractivity contribution in [3.63, 3.8) is 0 Å². The van der Waals surface area contributed by atoms with Gasteiger partial charge in [-0.1, -0.05) is 0 Å². The highest BCUT2D eigenvalue weighted by Gasteiger charge is 2.08. The summed E-state index contributed by atoms with van der Waals surface area (Å²) in [5, 5.41) is 10.0. The molecular formula is C8H17NO4. The van der Waals surface area contributed by atoms with Crippen LogP contribution in [0, 0.1) is 10.1 Å². The summed E-state index contributed by atoms with van der Waals surface area (Å²) >= 11 is 0. The lowest BCUT2D eigenvalue weighted by molar-refractivity contribution is -0.481. The fraction of sp³-hybridized carbons (Fsp3) is 1.00. The Morgan fingerprint density at radius 2 is 1.85 bits per heavy atom. The molecule has 0 saturated heterocycles. The highest BCUT2D eigenvalue weighted by molar-refractivity contribution is 4.45. The van der Waals surface area contributed by atoms with Crippen LogP contribution in [0.3, 0.4) is 0 Å². The van der Waals surface area contributed by atoms with E-state index in [0.29, 0.717) is 26.1 Å². The van der Waals surface area contributed by atoms with Crippen LogP contribution in [0.1, 0.15) is 26.7 Å². The first kappa shape index (κ1) is 12.3. The number of rotatable bonds is 8. The molecule has 0 amide bonds. The predicted octanol–water partition coefficient (Wildman–Crippen LogP) is 1.44. The third-order valence-corrected chi connectivity index (χ3v) is 1.49. The van der Waals surface area contributed by atoms with Gasteiger partial charge in [0.05, 0.1) is 0 Å². The van der Waals surface area contributed by atoms with Crippen LogP contribution in [0.15, 0.2) is 0 Å². The van der Waals surface area contributed by atoms with Crippen molar-refractivity contribution in [2.45, 2.75) is 33.0 Å². The maximum absolute atomic E-state index is 10.0. The summed E-state index contributed by atoms with van der Waals surface area (Å²) in [5.74, 6) is 0.